The van der Waals surface area contributed by atoms with E-state index in [2.05, 4.69) is 15.0 Å². The lowest BCUT2D eigenvalue weighted by Crippen LogP contribution is -2.27. The average Bonchev–Trinajstić information content (AvgIpc) is 2.98. The van der Waals surface area contributed by atoms with E-state index >= 15 is 0 Å². The Bertz CT molecular complexity index is 586. The van der Waals surface area contributed by atoms with Crippen LogP contribution in [0, 0.1) is 0 Å². The predicted octanol–water partition coefficient (Wildman–Crippen LogP) is 1.84. The number of benzene rings is 1. The number of nitrogens with zero attached hydrogens (tertiary/aromatic N) is 2. The average molecular weight is 246 g/mol. The lowest BCUT2D eigenvalue weighted by Gasteiger charge is -2.08. The Morgan fingerprint density at radius 3 is 2.94 bits per heavy atom. The Morgan fingerprint density at radius 1 is 1.35 bits per heavy atom. The van der Waals surface area contributed by atoms with E-state index in [1.54, 1.807) is 6.20 Å². The van der Waals surface area contributed by atoms with Crippen molar-refractivity contribution in [3.05, 3.63) is 47.2 Å². The summed E-state index contributed by atoms with van der Waals surface area (Å²) in [4.78, 5) is 0.923. The minimum Gasteiger partial charge on any atom is -0.459 e. The maximum Gasteiger partial charge on any atom is 0.134 e. The van der Waals surface area contributed by atoms with Crippen molar-refractivity contribution in [3.8, 4) is 0 Å². The first-order chi connectivity index (χ1) is 8.38. The lowest BCUT2D eigenvalue weighted by molar-refractivity contribution is 0.481. The van der Waals surface area contributed by atoms with Gasteiger partial charge in [0.15, 0.2) is 0 Å². The molecule has 6 heteroatoms. The molecule has 0 radical (unpaired) electrons. The van der Waals surface area contributed by atoms with Gasteiger partial charge in [-0.2, -0.15) is 0 Å². The van der Waals surface area contributed by atoms with Crippen LogP contribution < -0.4 is 11.3 Å². The van der Waals surface area contributed by atoms with Crippen molar-refractivity contribution in [3.63, 3.8) is 0 Å². The maximum absolute atomic E-state index is 5.75. The third kappa shape index (κ3) is 1.82. The third-order valence-electron chi connectivity index (χ3n) is 2.56. The number of fused-ring (bicyclic) bond motifs is 1. The Morgan fingerprint density at radius 2 is 2.24 bits per heavy atom. The Hall–Kier alpha value is -1.76. The first-order valence-electron chi connectivity index (χ1n) is 5.10. The van der Waals surface area contributed by atoms with Gasteiger partial charge in [0.2, 0.25) is 0 Å². The van der Waals surface area contributed by atoms with Gasteiger partial charge in [-0.05, 0) is 23.7 Å². The number of aromatic nitrogens is 2. The molecule has 3 N–H and O–H groups in total. The second-order valence-electron chi connectivity index (χ2n) is 3.61. The fraction of sp³-hybridized carbons (Fsp3) is 0.0909. The van der Waals surface area contributed by atoms with E-state index in [1.807, 2.05) is 30.3 Å². The van der Waals surface area contributed by atoms with Gasteiger partial charge in [0.1, 0.15) is 17.4 Å². The van der Waals surface area contributed by atoms with Crippen molar-refractivity contribution in [2.75, 3.05) is 0 Å². The van der Waals surface area contributed by atoms with Gasteiger partial charge in [-0.15, -0.1) is 5.10 Å². The largest absolute Gasteiger partial charge is 0.459 e. The molecule has 0 aliphatic carbocycles. The summed E-state index contributed by atoms with van der Waals surface area (Å²) in [5.41, 5.74) is 3.57. The highest BCUT2D eigenvalue weighted by Crippen LogP contribution is 2.28. The quantitative estimate of drug-likeness (QED) is 0.544. The van der Waals surface area contributed by atoms with Gasteiger partial charge >= 0.3 is 0 Å². The zero-order chi connectivity index (χ0) is 11.7. The van der Waals surface area contributed by atoms with Crippen LogP contribution in [0.3, 0.4) is 0 Å². The normalized spacial score (nSPS) is 13.0. The van der Waals surface area contributed by atoms with Gasteiger partial charge < -0.3 is 4.42 Å². The standard InChI is InChI=1S/C11H10N4OS/c12-14-11(10-6-13-15-17-10)9-5-7-3-1-2-4-8(7)16-9/h1-6,11,14H,12H2. The molecule has 0 aliphatic heterocycles. The van der Waals surface area contributed by atoms with Crippen molar-refractivity contribution in [1.82, 2.24) is 15.0 Å². The molecule has 0 bridgehead atoms. The SMILES string of the molecule is NNC(c1cc2ccccc2o1)c1cnns1. The number of rotatable bonds is 3. The van der Waals surface area contributed by atoms with Gasteiger partial charge in [0.25, 0.3) is 0 Å². The van der Waals surface area contributed by atoms with Crippen LogP contribution in [-0.4, -0.2) is 9.59 Å². The Labute approximate surface area is 101 Å². The van der Waals surface area contributed by atoms with Crippen molar-refractivity contribution in [2.45, 2.75) is 6.04 Å². The fourth-order valence-electron chi connectivity index (χ4n) is 1.75. The first-order valence-corrected chi connectivity index (χ1v) is 5.87. The number of hydrogen-bond donors (Lipinski definition) is 2. The molecule has 17 heavy (non-hydrogen) atoms. The molecule has 3 aromatic rings. The Kier molecular flexibility index (Phi) is 2.60. The molecule has 0 aliphatic rings. The van der Waals surface area contributed by atoms with Crippen molar-refractivity contribution in [1.29, 1.82) is 0 Å². The second kappa shape index (κ2) is 4.25. The van der Waals surface area contributed by atoms with Gasteiger partial charge in [-0.3, -0.25) is 5.84 Å². The molecule has 1 unspecified atom stereocenters. The number of para-hydroxylation sites is 1. The second-order valence-corrected chi connectivity index (χ2v) is 4.42. The summed E-state index contributed by atoms with van der Waals surface area (Å²) in [5.74, 6) is 6.32. The summed E-state index contributed by atoms with van der Waals surface area (Å²) in [6.45, 7) is 0. The van der Waals surface area contributed by atoms with Crippen LogP contribution in [0.4, 0.5) is 0 Å². The number of nitrogens with one attached hydrogen (secondary N) is 1. The highest BCUT2D eigenvalue weighted by molar-refractivity contribution is 7.05. The first kappa shape index (κ1) is 10.4. The number of nitrogens with two attached hydrogens (primary N) is 1. The van der Waals surface area contributed by atoms with E-state index in [0.717, 1.165) is 21.6 Å². The molecule has 0 amide bonds. The van der Waals surface area contributed by atoms with Crippen LogP contribution in [0.15, 0.2) is 40.9 Å². The number of hydrogen-bond acceptors (Lipinski definition) is 6. The van der Waals surface area contributed by atoms with E-state index in [-0.39, 0.29) is 6.04 Å². The van der Waals surface area contributed by atoms with Crippen LogP contribution in [0.2, 0.25) is 0 Å². The van der Waals surface area contributed by atoms with Crippen LogP contribution in [0.5, 0.6) is 0 Å². The minimum atomic E-state index is -0.206. The van der Waals surface area contributed by atoms with Gasteiger partial charge in [-0.1, -0.05) is 22.7 Å². The predicted molar refractivity (Wildman–Crippen MR) is 65.3 cm³/mol. The molecule has 0 saturated carbocycles. The number of furan rings is 1. The summed E-state index contributed by atoms with van der Waals surface area (Å²) >= 11 is 1.30. The highest BCUT2D eigenvalue weighted by atomic mass is 32.1. The monoisotopic (exact) mass is 246 g/mol. The van der Waals surface area contributed by atoms with E-state index in [0.29, 0.717) is 0 Å². The topological polar surface area (TPSA) is 77.0 Å². The van der Waals surface area contributed by atoms with Crippen molar-refractivity contribution < 1.29 is 4.42 Å². The zero-order valence-electron chi connectivity index (χ0n) is 8.83. The van der Waals surface area contributed by atoms with E-state index < -0.39 is 0 Å². The molecular weight excluding hydrogens is 236 g/mol. The molecule has 0 spiro atoms. The molecule has 86 valence electrons. The summed E-state index contributed by atoms with van der Waals surface area (Å²) in [6, 6.07) is 9.61. The molecule has 0 fully saturated rings. The molecule has 0 saturated heterocycles. The van der Waals surface area contributed by atoms with E-state index in [9.17, 15) is 0 Å². The van der Waals surface area contributed by atoms with Crippen molar-refractivity contribution in [2.24, 2.45) is 5.84 Å². The summed E-state index contributed by atoms with van der Waals surface area (Å²) in [6.07, 6.45) is 1.68. The lowest BCUT2D eigenvalue weighted by atomic mass is 10.2. The zero-order valence-corrected chi connectivity index (χ0v) is 9.65. The molecule has 1 aromatic carbocycles. The molecule has 2 heterocycles. The molecule has 1 atom stereocenters. The summed E-state index contributed by atoms with van der Waals surface area (Å²) < 4.78 is 9.58. The van der Waals surface area contributed by atoms with Crippen LogP contribution in [0.1, 0.15) is 16.7 Å². The molecule has 2 aromatic heterocycles. The Balaban J connectivity index is 2.07. The van der Waals surface area contributed by atoms with E-state index in [1.165, 1.54) is 11.5 Å². The van der Waals surface area contributed by atoms with E-state index in [4.69, 9.17) is 10.3 Å². The smallest absolute Gasteiger partial charge is 0.134 e. The molecule has 3 rings (SSSR count). The fourth-order valence-corrected chi connectivity index (χ4v) is 2.32. The van der Waals surface area contributed by atoms with Crippen molar-refractivity contribution >= 4 is 22.5 Å². The maximum atomic E-state index is 5.75. The third-order valence-corrected chi connectivity index (χ3v) is 3.29. The molecule has 5 nitrogen and oxygen atoms in total. The van der Waals surface area contributed by atoms with Crippen LogP contribution in [-0.2, 0) is 0 Å². The summed E-state index contributed by atoms with van der Waals surface area (Å²) in [7, 11) is 0. The summed E-state index contributed by atoms with van der Waals surface area (Å²) in [5, 5.41) is 4.86. The minimum absolute atomic E-state index is 0.206. The van der Waals surface area contributed by atoms with Gasteiger partial charge in [0, 0.05) is 5.39 Å². The van der Waals surface area contributed by atoms with Crippen LogP contribution >= 0.6 is 11.5 Å². The van der Waals surface area contributed by atoms with Gasteiger partial charge in [0.05, 0.1) is 11.1 Å². The molecular formula is C11H10N4OS. The van der Waals surface area contributed by atoms with Crippen LogP contribution in [0.25, 0.3) is 11.0 Å². The highest BCUT2D eigenvalue weighted by Gasteiger charge is 2.19. The van der Waals surface area contributed by atoms with Gasteiger partial charge in [-0.25, -0.2) is 5.43 Å². The number of hydrazine groups is 1.